The van der Waals surface area contributed by atoms with Crippen LogP contribution < -0.4 is 0 Å². The number of rotatable bonds is 5. The zero-order valence-corrected chi connectivity index (χ0v) is 15.1. The molecule has 24 heavy (non-hydrogen) atoms. The van der Waals surface area contributed by atoms with Crippen LogP contribution in [0, 0.1) is 5.82 Å². The molecular weight excluding hydrogens is 371 g/mol. The molecule has 0 N–H and O–H groups in total. The molecule has 0 saturated heterocycles. The topological polar surface area (TPSA) is 34.0 Å². The van der Waals surface area contributed by atoms with Crippen molar-refractivity contribution in [2.45, 2.75) is 19.5 Å². The first-order valence-corrected chi connectivity index (χ1v) is 8.43. The Bertz CT molecular complexity index is 802. The van der Waals surface area contributed by atoms with Crippen LogP contribution in [0.2, 0.25) is 0 Å². The van der Waals surface area contributed by atoms with Crippen LogP contribution in [-0.2, 0) is 6.54 Å². The Kier molecular flexibility index (Phi) is 5.06. The molecule has 0 fully saturated rings. The molecule has 0 bridgehead atoms. The Hall–Kier alpha value is -2.05. The maximum atomic E-state index is 13.3. The lowest BCUT2D eigenvalue weighted by atomic mass is 10.1. The maximum Gasteiger partial charge on any atom is 0.138 e. The second kappa shape index (κ2) is 7.23. The Morgan fingerprint density at radius 3 is 2.58 bits per heavy atom. The van der Waals surface area contributed by atoms with Gasteiger partial charge in [0.1, 0.15) is 18.5 Å². The Labute approximate surface area is 149 Å². The first-order chi connectivity index (χ1) is 11.5. The summed E-state index contributed by atoms with van der Waals surface area (Å²) in [6.45, 7) is 2.90. The third-order valence-corrected chi connectivity index (χ3v) is 4.74. The number of hydrogen-bond acceptors (Lipinski definition) is 3. The molecule has 1 aromatic heterocycles. The quantitative estimate of drug-likeness (QED) is 0.650. The molecule has 4 nitrogen and oxygen atoms in total. The third-order valence-electron chi connectivity index (χ3n) is 4.14. The molecule has 3 aromatic rings. The predicted molar refractivity (Wildman–Crippen MR) is 95.3 cm³/mol. The van der Waals surface area contributed by atoms with Crippen molar-refractivity contribution >= 4 is 15.9 Å². The Morgan fingerprint density at radius 1 is 1.21 bits per heavy atom. The fourth-order valence-electron chi connectivity index (χ4n) is 2.56. The zero-order valence-electron chi connectivity index (χ0n) is 13.5. The largest absolute Gasteiger partial charge is 0.295 e. The fourth-order valence-corrected chi connectivity index (χ4v) is 2.99. The van der Waals surface area contributed by atoms with Gasteiger partial charge in [-0.2, -0.15) is 5.10 Å². The molecule has 0 aliphatic carbocycles. The summed E-state index contributed by atoms with van der Waals surface area (Å²) >= 11 is 3.24. The fraction of sp³-hybridized carbons (Fsp3) is 0.222. The van der Waals surface area contributed by atoms with Crippen molar-refractivity contribution in [1.29, 1.82) is 0 Å². The molecule has 0 radical (unpaired) electrons. The minimum absolute atomic E-state index is 0.235. The van der Waals surface area contributed by atoms with E-state index < -0.39 is 0 Å². The molecule has 3 rings (SSSR count). The summed E-state index contributed by atoms with van der Waals surface area (Å²) in [4.78, 5) is 6.18. The van der Waals surface area contributed by atoms with Crippen molar-refractivity contribution in [2.24, 2.45) is 0 Å². The Morgan fingerprint density at radius 2 is 1.96 bits per heavy atom. The molecule has 0 saturated carbocycles. The highest BCUT2D eigenvalue weighted by atomic mass is 79.9. The van der Waals surface area contributed by atoms with Crippen LogP contribution in [0.5, 0.6) is 0 Å². The molecule has 6 heteroatoms. The standard InChI is InChI=1S/C18H18BrFN4/c1-13(23(2)10-14-3-8-18(20)17(19)9-14)15-4-6-16(7-5-15)24-12-21-11-22-24/h3-9,11-13H,10H2,1-2H3. The molecule has 0 aliphatic rings. The van der Waals surface area contributed by atoms with Crippen LogP contribution in [0.3, 0.4) is 0 Å². The number of nitrogens with zero attached hydrogens (tertiary/aromatic N) is 4. The van der Waals surface area contributed by atoms with E-state index in [2.05, 4.69) is 57.0 Å². The van der Waals surface area contributed by atoms with E-state index >= 15 is 0 Å². The number of aromatic nitrogens is 3. The highest BCUT2D eigenvalue weighted by Gasteiger charge is 2.13. The second-order valence-corrected chi connectivity index (χ2v) is 6.63. The monoisotopic (exact) mass is 388 g/mol. The first kappa shape index (κ1) is 16.8. The molecule has 1 unspecified atom stereocenters. The van der Waals surface area contributed by atoms with Gasteiger partial charge in [-0.25, -0.2) is 14.1 Å². The summed E-state index contributed by atoms with van der Waals surface area (Å²) < 4.78 is 15.6. The van der Waals surface area contributed by atoms with Gasteiger partial charge in [0, 0.05) is 12.6 Å². The average molecular weight is 389 g/mol. The lowest BCUT2D eigenvalue weighted by Crippen LogP contribution is -2.22. The highest BCUT2D eigenvalue weighted by molar-refractivity contribution is 9.10. The van der Waals surface area contributed by atoms with E-state index in [1.165, 1.54) is 18.0 Å². The molecule has 0 aliphatic heterocycles. The van der Waals surface area contributed by atoms with Gasteiger partial charge >= 0.3 is 0 Å². The van der Waals surface area contributed by atoms with Crippen LogP contribution >= 0.6 is 15.9 Å². The minimum Gasteiger partial charge on any atom is -0.295 e. The first-order valence-electron chi connectivity index (χ1n) is 7.63. The van der Waals surface area contributed by atoms with Crippen molar-refractivity contribution in [2.75, 3.05) is 7.05 Å². The molecule has 1 atom stereocenters. The van der Waals surface area contributed by atoms with E-state index in [0.717, 1.165) is 17.8 Å². The lowest BCUT2D eigenvalue weighted by molar-refractivity contribution is 0.253. The third kappa shape index (κ3) is 3.71. The van der Waals surface area contributed by atoms with Gasteiger partial charge in [0.15, 0.2) is 0 Å². The molecule has 0 spiro atoms. The van der Waals surface area contributed by atoms with Crippen molar-refractivity contribution < 1.29 is 4.39 Å². The highest BCUT2D eigenvalue weighted by Crippen LogP contribution is 2.23. The van der Waals surface area contributed by atoms with Gasteiger partial charge in [-0.15, -0.1) is 0 Å². The minimum atomic E-state index is -0.238. The molecular formula is C18H18BrFN4. The second-order valence-electron chi connectivity index (χ2n) is 5.77. The van der Waals surface area contributed by atoms with Crippen LogP contribution in [0.15, 0.2) is 59.6 Å². The smallest absolute Gasteiger partial charge is 0.138 e. The van der Waals surface area contributed by atoms with E-state index in [1.807, 2.05) is 24.3 Å². The van der Waals surface area contributed by atoms with Crippen LogP contribution in [0.1, 0.15) is 24.1 Å². The van der Waals surface area contributed by atoms with Gasteiger partial charge in [0.25, 0.3) is 0 Å². The van der Waals surface area contributed by atoms with E-state index in [0.29, 0.717) is 4.47 Å². The summed E-state index contributed by atoms with van der Waals surface area (Å²) in [6, 6.07) is 13.6. The van der Waals surface area contributed by atoms with Gasteiger partial charge in [-0.1, -0.05) is 18.2 Å². The van der Waals surface area contributed by atoms with Gasteiger partial charge in [0.2, 0.25) is 0 Å². The molecule has 2 aromatic carbocycles. The zero-order chi connectivity index (χ0) is 17.1. The molecule has 124 valence electrons. The van der Waals surface area contributed by atoms with Gasteiger partial charge in [-0.3, -0.25) is 4.90 Å². The average Bonchev–Trinajstić information content (AvgIpc) is 3.12. The van der Waals surface area contributed by atoms with E-state index in [1.54, 1.807) is 11.0 Å². The van der Waals surface area contributed by atoms with Crippen molar-refractivity contribution in [3.05, 3.63) is 76.5 Å². The van der Waals surface area contributed by atoms with Crippen LogP contribution in [0.25, 0.3) is 5.69 Å². The lowest BCUT2D eigenvalue weighted by Gasteiger charge is -2.25. The van der Waals surface area contributed by atoms with Crippen molar-refractivity contribution in [1.82, 2.24) is 19.7 Å². The van der Waals surface area contributed by atoms with E-state index in [4.69, 9.17) is 0 Å². The summed E-state index contributed by atoms with van der Waals surface area (Å²) in [5.41, 5.74) is 3.26. The van der Waals surface area contributed by atoms with Crippen molar-refractivity contribution in [3.8, 4) is 5.69 Å². The summed E-state index contributed by atoms with van der Waals surface area (Å²) in [6.07, 6.45) is 3.20. The van der Waals surface area contributed by atoms with E-state index in [9.17, 15) is 4.39 Å². The van der Waals surface area contributed by atoms with Crippen molar-refractivity contribution in [3.63, 3.8) is 0 Å². The van der Waals surface area contributed by atoms with Crippen LogP contribution in [0.4, 0.5) is 4.39 Å². The number of halogens is 2. The number of hydrogen-bond donors (Lipinski definition) is 0. The molecule has 1 heterocycles. The van der Waals surface area contributed by atoms with Gasteiger partial charge in [0.05, 0.1) is 10.2 Å². The van der Waals surface area contributed by atoms with Gasteiger partial charge < -0.3 is 0 Å². The SMILES string of the molecule is CC(c1ccc(-n2cncn2)cc1)N(C)Cc1ccc(F)c(Br)c1. The number of benzene rings is 2. The summed E-state index contributed by atoms with van der Waals surface area (Å²) in [5.74, 6) is -0.238. The van der Waals surface area contributed by atoms with Crippen LogP contribution in [-0.4, -0.2) is 26.7 Å². The summed E-state index contributed by atoms with van der Waals surface area (Å²) in [7, 11) is 2.06. The summed E-state index contributed by atoms with van der Waals surface area (Å²) in [5, 5.41) is 4.13. The maximum absolute atomic E-state index is 13.3. The molecule has 0 amide bonds. The van der Waals surface area contributed by atoms with Gasteiger partial charge in [-0.05, 0) is 65.3 Å². The normalized spacial score (nSPS) is 12.5. The Balaban J connectivity index is 1.70. The van der Waals surface area contributed by atoms with E-state index in [-0.39, 0.29) is 11.9 Å². The predicted octanol–water partition coefficient (Wildman–Crippen LogP) is 4.36.